The van der Waals surface area contributed by atoms with Crippen LogP contribution in [0.25, 0.3) is 5.65 Å². The summed E-state index contributed by atoms with van der Waals surface area (Å²) in [6.45, 7) is 8.93. The fraction of sp³-hybridized carbons (Fsp3) is 0.600. The van der Waals surface area contributed by atoms with Gasteiger partial charge in [-0.15, -0.1) is 5.10 Å². The molecule has 36 heavy (non-hydrogen) atoms. The molecular weight excluding hydrogens is 456 g/mol. The normalized spacial score (nSPS) is 24.6. The fourth-order valence-corrected chi connectivity index (χ4v) is 6.12. The molecule has 192 valence electrons. The molecule has 0 aromatic carbocycles. The van der Waals surface area contributed by atoms with Crippen LogP contribution in [0.4, 0.5) is 17.3 Å². The summed E-state index contributed by atoms with van der Waals surface area (Å²) in [7, 11) is 2.08. The Bertz CT molecular complexity index is 1200. The van der Waals surface area contributed by atoms with Gasteiger partial charge in [0.05, 0.1) is 17.6 Å². The number of piperidine rings is 1. The van der Waals surface area contributed by atoms with Crippen molar-refractivity contribution >= 4 is 28.9 Å². The van der Waals surface area contributed by atoms with Crippen LogP contribution in [-0.4, -0.2) is 99.0 Å². The molecular formula is C25H36N10O. The third-order valence-corrected chi connectivity index (χ3v) is 8.00. The lowest BCUT2D eigenvalue weighted by molar-refractivity contribution is -0.133. The smallest absolute Gasteiger partial charge is 0.247 e. The van der Waals surface area contributed by atoms with Gasteiger partial charge in [-0.25, -0.2) is 4.52 Å². The molecule has 0 spiro atoms. The number of carbonyl (C=O) groups is 1. The monoisotopic (exact) mass is 492 g/mol. The first-order chi connectivity index (χ1) is 17.6. The van der Waals surface area contributed by atoms with Gasteiger partial charge in [0.25, 0.3) is 0 Å². The van der Waals surface area contributed by atoms with E-state index in [4.69, 9.17) is 4.98 Å². The van der Waals surface area contributed by atoms with E-state index in [-0.39, 0.29) is 12.5 Å². The van der Waals surface area contributed by atoms with Crippen molar-refractivity contribution in [3.63, 3.8) is 0 Å². The summed E-state index contributed by atoms with van der Waals surface area (Å²) in [5.74, 6) is 1.99. The van der Waals surface area contributed by atoms with Crippen molar-refractivity contribution in [3.05, 3.63) is 30.7 Å². The lowest BCUT2D eigenvalue weighted by atomic mass is 9.92. The zero-order valence-electron chi connectivity index (χ0n) is 21.2. The summed E-state index contributed by atoms with van der Waals surface area (Å²) in [4.78, 5) is 24.1. The van der Waals surface area contributed by atoms with Crippen LogP contribution in [0, 0.1) is 11.8 Å². The zero-order chi connectivity index (χ0) is 24.6. The van der Waals surface area contributed by atoms with Crippen LogP contribution in [0.1, 0.15) is 19.8 Å². The minimum Gasteiger partial charge on any atom is -0.368 e. The van der Waals surface area contributed by atoms with E-state index in [0.717, 1.165) is 62.8 Å². The van der Waals surface area contributed by atoms with E-state index >= 15 is 0 Å². The van der Waals surface area contributed by atoms with E-state index in [1.165, 1.54) is 12.8 Å². The number of fused-ring (bicyclic) bond motifs is 3. The van der Waals surface area contributed by atoms with Crippen molar-refractivity contribution in [2.75, 3.05) is 63.1 Å². The highest BCUT2D eigenvalue weighted by Gasteiger charge is 2.42. The first-order valence-electron chi connectivity index (χ1n) is 13.2. The molecule has 3 aromatic rings. The minimum absolute atomic E-state index is 0.0973. The summed E-state index contributed by atoms with van der Waals surface area (Å²) in [5.41, 5.74) is 2.76. The van der Waals surface area contributed by atoms with E-state index in [2.05, 4.69) is 50.7 Å². The average Bonchev–Trinajstić information content (AvgIpc) is 3.55. The average molecular weight is 493 g/mol. The van der Waals surface area contributed by atoms with Crippen LogP contribution < -0.4 is 15.5 Å². The van der Waals surface area contributed by atoms with Crippen molar-refractivity contribution in [3.8, 4) is 0 Å². The third kappa shape index (κ3) is 4.53. The zero-order valence-corrected chi connectivity index (χ0v) is 21.2. The topological polar surface area (TPSA) is 98.9 Å². The molecule has 2 saturated heterocycles. The van der Waals surface area contributed by atoms with E-state index in [1.54, 1.807) is 10.9 Å². The second-order valence-electron chi connectivity index (χ2n) is 10.4. The highest BCUT2D eigenvalue weighted by atomic mass is 16.2. The van der Waals surface area contributed by atoms with Crippen molar-refractivity contribution in [2.45, 2.75) is 32.4 Å². The molecule has 5 heterocycles. The molecule has 2 aliphatic heterocycles. The molecule has 1 aliphatic carbocycles. The predicted octanol–water partition coefficient (Wildman–Crippen LogP) is 1.27. The maximum Gasteiger partial charge on any atom is 0.247 e. The summed E-state index contributed by atoms with van der Waals surface area (Å²) >= 11 is 0. The Kier molecular flexibility index (Phi) is 6.26. The number of anilines is 3. The first-order valence-corrected chi connectivity index (χ1v) is 13.2. The molecule has 1 amide bonds. The van der Waals surface area contributed by atoms with Gasteiger partial charge in [0, 0.05) is 57.7 Å². The number of hydrogen-bond acceptors (Lipinski definition) is 8. The molecule has 1 unspecified atom stereocenters. The van der Waals surface area contributed by atoms with E-state index in [0.29, 0.717) is 23.8 Å². The Balaban J connectivity index is 1.13. The SMILES string of the molecule is CCNC1[C@@H]2CC[C@H]1CN(c1cccn3nc(Nc4cnn(CC(=O)N5CCN(C)CC5)c4)nc13)C2. The van der Waals surface area contributed by atoms with Crippen LogP contribution in [0.3, 0.4) is 0 Å². The maximum atomic E-state index is 12.6. The largest absolute Gasteiger partial charge is 0.368 e. The van der Waals surface area contributed by atoms with Crippen molar-refractivity contribution < 1.29 is 4.79 Å². The van der Waals surface area contributed by atoms with Gasteiger partial charge in [0.2, 0.25) is 11.9 Å². The number of hydrogen-bond donors (Lipinski definition) is 2. The van der Waals surface area contributed by atoms with Gasteiger partial charge in [-0.1, -0.05) is 6.92 Å². The van der Waals surface area contributed by atoms with Crippen LogP contribution >= 0.6 is 0 Å². The molecule has 6 rings (SSSR count). The van der Waals surface area contributed by atoms with Gasteiger partial charge in [-0.05, 0) is 50.4 Å². The molecule has 0 radical (unpaired) electrons. The quantitative estimate of drug-likeness (QED) is 0.509. The van der Waals surface area contributed by atoms with Crippen molar-refractivity contribution in [2.24, 2.45) is 11.8 Å². The molecule has 3 aromatic heterocycles. The number of piperazine rings is 1. The molecule has 1 saturated carbocycles. The van der Waals surface area contributed by atoms with E-state index in [1.807, 2.05) is 27.9 Å². The number of likely N-dealkylation sites (N-methyl/N-ethyl adjacent to an activating group) is 1. The van der Waals surface area contributed by atoms with Gasteiger partial charge in [0.1, 0.15) is 6.54 Å². The number of carbonyl (C=O) groups excluding carboxylic acids is 1. The van der Waals surface area contributed by atoms with E-state index in [9.17, 15) is 4.79 Å². The van der Waals surface area contributed by atoms with Crippen LogP contribution in [-0.2, 0) is 11.3 Å². The number of nitrogens with one attached hydrogen (secondary N) is 2. The van der Waals surface area contributed by atoms with Crippen molar-refractivity contribution in [1.82, 2.24) is 39.5 Å². The van der Waals surface area contributed by atoms with Gasteiger partial charge >= 0.3 is 0 Å². The van der Waals surface area contributed by atoms with Crippen LogP contribution in [0.5, 0.6) is 0 Å². The highest BCUT2D eigenvalue weighted by molar-refractivity contribution is 5.76. The molecule has 11 nitrogen and oxygen atoms in total. The van der Waals surface area contributed by atoms with Gasteiger partial charge in [-0.3, -0.25) is 9.48 Å². The second-order valence-corrected chi connectivity index (χ2v) is 10.4. The molecule has 2 bridgehead atoms. The molecule has 11 heteroatoms. The Morgan fingerprint density at radius 2 is 1.92 bits per heavy atom. The Labute approximate surface area is 211 Å². The Morgan fingerprint density at radius 1 is 1.14 bits per heavy atom. The maximum absolute atomic E-state index is 12.6. The van der Waals surface area contributed by atoms with Crippen LogP contribution in [0.15, 0.2) is 30.7 Å². The fourth-order valence-electron chi connectivity index (χ4n) is 6.12. The van der Waals surface area contributed by atoms with Gasteiger partial charge in [0.15, 0.2) is 5.65 Å². The lowest BCUT2D eigenvalue weighted by Gasteiger charge is -2.39. The number of nitrogens with zero attached hydrogens (tertiary/aromatic N) is 8. The number of rotatable bonds is 7. The van der Waals surface area contributed by atoms with Gasteiger partial charge < -0.3 is 25.3 Å². The standard InChI is InChI=1S/C25H36N10O/c1-3-26-23-18-6-7-19(23)15-33(14-18)21-5-4-8-35-24(21)29-25(30-35)28-20-13-27-34(16-20)17-22(36)32-11-9-31(2)10-12-32/h4-5,8,13,16,18-19,23,26H,3,6-7,9-12,14-15,17H2,1-2H3,(H,28,30)/t18-,19+,23?. The molecule has 3 fully saturated rings. The summed E-state index contributed by atoms with van der Waals surface area (Å²) in [6, 6.07) is 4.84. The first kappa shape index (κ1) is 23.2. The Morgan fingerprint density at radius 3 is 2.67 bits per heavy atom. The van der Waals surface area contributed by atoms with Crippen molar-refractivity contribution in [1.29, 1.82) is 0 Å². The number of amides is 1. The molecule has 3 aliphatic rings. The van der Waals surface area contributed by atoms with Crippen LogP contribution in [0.2, 0.25) is 0 Å². The molecule has 2 N–H and O–H groups in total. The lowest BCUT2D eigenvalue weighted by Crippen LogP contribution is -2.51. The summed E-state index contributed by atoms with van der Waals surface area (Å²) < 4.78 is 3.52. The number of pyridine rings is 1. The Hall–Kier alpha value is -3.18. The second kappa shape index (κ2) is 9.70. The number of aromatic nitrogens is 5. The van der Waals surface area contributed by atoms with E-state index < -0.39 is 0 Å². The highest BCUT2D eigenvalue weighted by Crippen LogP contribution is 2.39. The summed E-state index contributed by atoms with van der Waals surface area (Å²) in [5, 5.41) is 16.0. The predicted molar refractivity (Wildman–Crippen MR) is 138 cm³/mol. The summed E-state index contributed by atoms with van der Waals surface area (Å²) in [6.07, 6.45) is 8.08. The third-order valence-electron chi connectivity index (χ3n) is 8.00. The van der Waals surface area contributed by atoms with Gasteiger partial charge in [-0.2, -0.15) is 10.1 Å². The minimum atomic E-state index is 0.0973. The molecule has 3 atom stereocenters.